The minimum atomic E-state index is -0.104. The van der Waals surface area contributed by atoms with Gasteiger partial charge in [0.2, 0.25) is 10.1 Å². The average molecular weight is 298 g/mol. The minimum Gasteiger partial charge on any atom is -0.395 e. The number of hydrogen-bond acceptors (Lipinski definition) is 6. The Morgan fingerprint density at radius 1 is 1.40 bits per heavy atom. The maximum atomic E-state index is 12.5. The van der Waals surface area contributed by atoms with Crippen LogP contribution in [-0.2, 0) is 0 Å². The summed E-state index contributed by atoms with van der Waals surface area (Å²) in [5, 5.41) is 21.3. The fourth-order valence-corrected chi connectivity index (χ4v) is 3.37. The van der Waals surface area contributed by atoms with E-state index in [9.17, 15) is 9.90 Å². The molecule has 0 aromatic carbocycles. The molecular weight excluding hydrogens is 276 g/mol. The molecular formula is C13H22N4O2S. The summed E-state index contributed by atoms with van der Waals surface area (Å²) in [6, 6.07) is 0.231. The summed E-state index contributed by atoms with van der Waals surface area (Å²) in [7, 11) is 0. The van der Waals surface area contributed by atoms with Crippen LogP contribution in [0.4, 0.5) is 5.13 Å². The third-order valence-corrected chi connectivity index (χ3v) is 4.42. The molecule has 0 spiro atoms. The van der Waals surface area contributed by atoms with Crippen LogP contribution in [0.5, 0.6) is 0 Å². The molecule has 0 radical (unpaired) electrons. The van der Waals surface area contributed by atoms with Crippen molar-refractivity contribution in [1.29, 1.82) is 0 Å². The van der Waals surface area contributed by atoms with Gasteiger partial charge >= 0.3 is 0 Å². The lowest BCUT2D eigenvalue weighted by atomic mass is 9.94. The number of rotatable bonds is 6. The molecule has 1 aromatic heterocycles. The van der Waals surface area contributed by atoms with E-state index >= 15 is 0 Å². The number of aliphatic hydroxyl groups is 1. The maximum Gasteiger partial charge on any atom is 0.285 e. The molecule has 0 bridgehead atoms. The predicted octanol–water partition coefficient (Wildman–Crippen LogP) is 1.74. The standard InChI is InChI=1S/C13H22N4O2S/c1-2-14-13-16-15-11(20-13)12(19)17(8-9-18)10-6-4-3-5-7-10/h10,18H,2-9H2,1H3,(H,14,16). The molecule has 2 N–H and O–H groups in total. The molecule has 1 amide bonds. The van der Waals surface area contributed by atoms with Crippen molar-refractivity contribution in [2.45, 2.75) is 45.1 Å². The molecule has 20 heavy (non-hydrogen) atoms. The van der Waals surface area contributed by atoms with Crippen molar-refractivity contribution < 1.29 is 9.90 Å². The Labute approximate surface area is 123 Å². The Morgan fingerprint density at radius 3 is 2.80 bits per heavy atom. The van der Waals surface area contributed by atoms with Gasteiger partial charge in [-0.2, -0.15) is 0 Å². The fourth-order valence-electron chi connectivity index (χ4n) is 2.61. The minimum absolute atomic E-state index is 0.0128. The van der Waals surface area contributed by atoms with Crippen LogP contribution in [0.2, 0.25) is 0 Å². The first-order valence-corrected chi connectivity index (χ1v) is 8.07. The highest BCUT2D eigenvalue weighted by atomic mass is 32.1. The van der Waals surface area contributed by atoms with E-state index in [-0.39, 0.29) is 18.6 Å². The SMILES string of the molecule is CCNc1nnc(C(=O)N(CCO)C2CCCCC2)s1. The smallest absolute Gasteiger partial charge is 0.285 e. The quantitative estimate of drug-likeness (QED) is 0.836. The van der Waals surface area contributed by atoms with Gasteiger partial charge in [-0.3, -0.25) is 4.79 Å². The molecule has 0 saturated heterocycles. The first-order valence-electron chi connectivity index (χ1n) is 7.25. The molecule has 1 heterocycles. The van der Waals surface area contributed by atoms with Gasteiger partial charge in [0.25, 0.3) is 5.91 Å². The first-order chi connectivity index (χ1) is 9.76. The van der Waals surface area contributed by atoms with Crippen molar-refractivity contribution in [3.05, 3.63) is 5.01 Å². The lowest BCUT2D eigenvalue weighted by Gasteiger charge is -2.33. The molecule has 2 rings (SSSR count). The second-order valence-electron chi connectivity index (χ2n) is 4.96. The van der Waals surface area contributed by atoms with Crippen LogP contribution in [-0.4, -0.2) is 51.8 Å². The van der Waals surface area contributed by atoms with Crippen LogP contribution in [0.3, 0.4) is 0 Å². The van der Waals surface area contributed by atoms with Gasteiger partial charge < -0.3 is 15.3 Å². The van der Waals surface area contributed by atoms with Crippen LogP contribution < -0.4 is 5.32 Å². The summed E-state index contributed by atoms with van der Waals surface area (Å²) in [4.78, 5) is 14.3. The number of aromatic nitrogens is 2. The van der Waals surface area contributed by atoms with E-state index in [1.165, 1.54) is 17.8 Å². The zero-order valence-electron chi connectivity index (χ0n) is 11.8. The third kappa shape index (κ3) is 3.67. The number of nitrogens with zero attached hydrogens (tertiary/aromatic N) is 3. The molecule has 1 aliphatic rings. The fraction of sp³-hybridized carbons (Fsp3) is 0.769. The van der Waals surface area contributed by atoms with Crippen molar-refractivity contribution in [2.75, 3.05) is 25.0 Å². The number of nitrogens with one attached hydrogen (secondary N) is 1. The Morgan fingerprint density at radius 2 is 2.15 bits per heavy atom. The van der Waals surface area contributed by atoms with E-state index in [0.717, 1.165) is 32.2 Å². The van der Waals surface area contributed by atoms with Crippen molar-refractivity contribution >= 4 is 22.4 Å². The number of amides is 1. The van der Waals surface area contributed by atoms with Crippen LogP contribution in [0.15, 0.2) is 0 Å². The van der Waals surface area contributed by atoms with E-state index in [1.54, 1.807) is 4.90 Å². The molecule has 1 saturated carbocycles. The summed E-state index contributed by atoms with van der Waals surface area (Å²) < 4.78 is 0. The molecule has 6 nitrogen and oxygen atoms in total. The average Bonchev–Trinajstić information content (AvgIpc) is 2.94. The molecule has 1 fully saturated rings. The van der Waals surface area contributed by atoms with Crippen molar-refractivity contribution in [3.8, 4) is 0 Å². The van der Waals surface area contributed by atoms with E-state index in [1.807, 2.05) is 6.92 Å². The number of aliphatic hydroxyl groups excluding tert-OH is 1. The number of carbonyl (C=O) groups excluding carboxylic acids is 1. The van der Waals surface area contributed by atoms with Gasteiger partial charge in [-0.05, 0) is 19.8 Å². The molecule has 112 valence electrons. The summed E-state index contributed by atoms with van der Waals surface area (Å²) in [6.07, 6.45) is 5.58. The highest BCUT2D eigenvalue weighted by Gasteiger charge is 2.28. The lowest BCUT2D eigenvalue weighted by molar-refractivity contribution is 0.0584. The van der Waals surface area contributed by atoms with E-state index in [4.69, 9.17) is 0 Å². The van der Waals surface area contributed by atoms with Gasteiger partial charge in [-0.25, -0.2) is 0 Å². The summed E-state index contributed by atoms with van der Waals surface area (Å²) in [6.45, 7) is 3.09. The normalized spacial score (nSPS) is 16.1. The van der Waals surface area contributed by atoms with E-state index in [0.29, 0.717) is 16.7 Å². The Bertz CT molecular complexity index is 432. The summed E-state index contributed by atoms with van der Waals surface area (Å²) in [5.41, 5.74) is 0. The highest BCUT2D eigenvalue weighted by molar-refractivity contribution is 7.17. The third-order valence-electron chi connectivity index (χ3n) is 3.55. The summed E-state index contributed by atoms with van der Waals surface area (Å²) in [5.74, 6) is -0.104. The Kier molecular flexibility index (Phi) is 5.72. The van der Waals surface area contributed by atoms with Crippen LogP contribution in [0.25, 0.3) is 0 Å². The van der Waals surface area contributed by atoms with Crippen molar-refractivity contribution in [1.82, 2.24) is 15.1 Å². The highest BCUT2D eigenvalue weighted by Crippen LogP contribution is 2.25. The van der Waals surface area contributed by atoms with Gasteiger partial charge in [-0.15, -0.1) is 10.2 Å². The van der Waals surface area contributed by atoms with Crippen LogP contribution in [0.1, 0.15) is 48.8 Å². The zero-order chi connectivity index (χ0) is 14.4. The molecule has 0 atom stereocenters. The number of anilines is 1. The topological polar surface area (TPSA) is 78.4 Å². The second kappa shape index (κ2) is 7.54. The lowest BCUT2D eigenvalue weighted by Crippen LogP contribution is -2.43. The van der Waals surface area contributed by atoms with Gasteiger partial charge in [-0.1, -0.05) is 30.6 Å². The maximum absolute atomic E-state index is 12.5. The molecule has 7 heteroatoms. The van der Waals surface area contributed by atoms with Gasteiger partial charge in [0, 0.05) is 19.1 Å². The van der Waals surface area contributed by atoms with Gasteiger partial charge in [0.05, 0.1) is 6.61 Å². The van der Waals surface area contributed by atoms with Crippen molar-refractivity contribution in [3.63, 3.8) is 0 Å². The largest absolute Gasteiger partial charge is 0.395 e. The van der Waals surface area contributed by atoms with Gasteiger partial charge in [0.1, 0.15) is 0 Å². The monoisotopic (exact) mass is 298 g/mol. The Hall–Kier alpha value is -1.21. The molecule has 0 unspecified atom stereocenters. The van der Waals surface area contributed by atoms with Gasteiger partial charge in [0.15, 0.2) is 0 Å². The zero-order valence-corrected chi connectivity index (χ0v) is 12.7. The van der Waals surface area contributed by atoms with Crippen molar-refractivity contribution in [2.24, 2.45) is 0 Å². The number of carbonyl (C=O) groups is 1. The summed E-state index contributed by atoms with van der Waals surface area (Å²) >= 11 is 1.28. The number of hydrogen-bond donors (Lipinski definition) is 2. The van der Waals surface area contributed by atoms with Crippen LogP contribution in [0, 0.1) is 0 Å². The van der Waals surface area contributed by atoms with E-state index < -0.39 is 0 Å². The first kappa shape index (κ1) is 15.2. The predicted molar refractivity (Wildman–Crippen MR) is 79.1 cm³/mol. The Balaban J connectivity index is 2.08. The molecule has 1 aromatic rings. The second-order valence-corrected chi connectivity index (χ2v) is 5.93. The molecule has 0 aliphatic heterocycles. The van der Waals surface area contributed by atoms with Crippen LogP contribution >= 0.6 is 11.3 Å². The molecule has 1 aliphatic carbocycles. The van der Waals surface area contributed by atoms with E-state index in [2.05, 4.69) is 15.5 Å².